The first-order chi connectivity index (χ1) is 26.1. The lowest BCUT2D eigenvalue weighted by Crippen LogP contribution is -2.55. The maximum absolute atomic E-state index is 12.7. The van der Waals surface area contributed by atoms with Gasteiger partial charge in [-0.1, -0.05) is 174 Å². The Morgan fingerprint density at radius 2 is 0.944 bits per heavy atom. The van der Waals surface area contributed by atoms with Crippen LogP contribution < -0.4 is 5.11 Å². The van der Waals surface area contributed by atoms with E-state index in [-0.39, 0.29) is 42.7 Å². The van der Waals surface area contributed by atoms with Crippen LogP contribution in [0.4, 0.5) is 0 Å². The summed E-state index contributed by atoms with van der Waals surface area (Å²) in [5, 5.41) is 11.6. The smallest absolute Gasteiger partial charge is 0.306 e. The highest BCUT2D eigenvalue weighted by Crippen LogP contribution is 2.16. The van der Waals surface area contributed by atoms with Crippen molar-refractivity contribution in [2.75, 3.05) is 41.0 Å². The third-order valence-corrected chi connectivity index (χ3v) is 10.4. The van der Waals surface area contributed by atoms with E-state index < -0.39 is 18.1 Å². The van der Waals surface area contributed by atoms with E-state index in [2.05, 4.69) is 26.0 Å². The van der Waals surface area contributed by atoms with Gasteiger partial charge in [0.1, 0.15) is 12.6 Å². The summed E-state index contributed by atoms with van der Waals surface area (Å²) in [6.07, 6.45) is 39.6. The van der Waals surface area contributed by atoms with Crippen molar-refractivity contribution in [3.63, 3.8) is 0 Å². The van der Waals surface area contributed by atoms with Crippen LogP contribution in [0.3, 0.4) is 0 Å². The second-order valence-electron chi connectivity index (χ2n) is 16.6. The molecule has 0 aliphatic carbocycles. The maximum atomic E-state index is 12.7. The van der Waals surface area contributed by atoms with Crippen LogP contribution in [0.2, 0.25) is 0 Å². The van der Waals surface area contributed by atoms with Crippen molar-refractivity contribution >= 4 is 17.9 Å². The molecule has 8 heteroatoms. The Labute approximate surface area is 333 Å². The number of unbranched alkanes of at least 4 members (excludes halogenated alkanes) is 25. The standard InChI is InChI=1S/C46H87NO7/c1-6-8-10-12-14-16-18-19-20-21-22-23-24-25-26-27-29-31-33-35-37-45(49)54-42(40-52-39-38-43(46(50)51)47(3,4)5)41-53-44(48)36-34-32-30-28-17-15-13-11-9-7-2/h13,15,42-43H,6-12,14,16-41H2,1-5H3/b15-13+. The molecule has 0 aliphatic heterocycles. The van der Waals surface area contributed by atoms with E-state index in [0.717, 1.165) is 57.8 Å². The van der Waals surface area contributed by atoms with Gasteiger partial charge in [0.15, 0.2) is 6.10 Å². The monoisotopic (exact) mass is 766 g/mol. The van der Waals surface area contributed by atoms with Crippen LogP contribution >= 0.6 is 0 Å². The van der Waals surface area contributed by atoms with Crippen LogP contribution in [0, 0.1) is 0 Å². The normalized spacial score (nSPS) is 13.0. The number of carbonyl (C=O) groups is 3. The number of carbonyl (C=O) groups excluding carboxylic acids is 3. The number of aliphatic carboxylic acids is 1. The van der Waals surface area contributed by atoms with E-state index in [0.29, 0.717) is 12.8 Å². The molecule has 0 bridgehead atoms. The Morgan fingerprint density at radius 3 is 1.39 bits per heavy atom. The molecule has 0 saturated carbocycles. The van der Waals surface area contributed by atoms with E-state index in [1.807, 2.05) is 0 Å². The summed E-state index contributed by atoms with van der Waals surface area (Å²) in [6, 6.07) is -0.722. The molecular formula is C46H87NO7. The highest BCUT2D eigenvalue weighted by Gasteiger charge is 2.25. The molecule has 318 valence electrons. The van der Waals surface area contributed by atoms with Crippen LogP contribution in [0.25, 0.3) is 0 Å². The molecule has 0 amide bonds. The van der Waals surface area contributed by atoms with Crippen molar-refractivity contribution < 1.29 is 38.2 Å². The van der Waals surface area contributed by atoms with Gasteiger partial charge in [-0.25, -0.2) is 0 Å². The molecule has 0 radical (unpaired) electrons. The molecule has 0 aliphatic rings. The van der Waals surface area contributed by atoms with Crippen molar-refractivity contribution in [1.29, 1.82) is 0 Å². The molecule has 0 N–H and O–H groups in total. The fourth-order valence-electron chi connectivity index (χ4n) is 6.82. The van der Waals surface area contributed by atoms with E-state index in [1.54, 1.807) is 21.1 Å². The molecule has 54 heavy (non-hydrogen) atoms. The molecule has 8 nitrogen and oxygen atoms in total. The number of allylic oxidation sites excluding steroid dienone is 2. The number of esters is 2. The predicted molar refractivity (Wildman–Crippen MR) is 222 cm³/mol. The third kappa shape index (κ3) is 35.8. The number of quaternary nitrogens is 1. The number of carboxylic acid groups (broad SMARTS) is 1. The van der Waals surface area contributed by atoms with E-state index in [1.165, 1.54) is 122 Å². The highest BCUT2D eigenvalue weighted by atomic mass is 16.6. The zero-order valence-corrected chi connectivity index (χ0v) is 36.2. The molecule has 2 unspecified atom stereocenters. The van der Waals surface area contributed by atoms with Gasteiger partial charge in [-0.05, 0) is 32.1 Å². The van der Waals surface area contributed by atoms with Crippen LogP contribution in [-0.2, 0) is 28.6 Å². The van der Waals surface area contributed by atoms with Crippen LogP contribution in [-0.4, -0.2) is 75.5 Å². The zero-order valence-electron chi connectivity index (χ0n) is 36.2. The molecule has 0 aromatic carbocycles. The van der Waals surface area contributed by atoms with E-state index in [9.17, 15) is 19.5 Å². The lowest BCUT2D eigenvalue weighted by atomic mass is 10.0. The van der Waals surface area contributed by atoms with Crippen molar-refractivity contribution in [3.05, 3.63) is 12.2 Å². The summed E-state index contributed by atoms with van der Waals surface area (Å²) >= 11 is 0. The topological polar surface area (TPSA) is 102 Å². The fourth-order valence-corrected chi connectivity index (χ4v) is 6.82. The van der Waals surface area contributed by atoms with Gasteiger partial charge in [0, 0.05) is 19.3 Å². The largest absolute Gasteiger partial charge is 0.544 e. The van der Waals surface area contributed by atoms with E-state index in [4.69, 9.17) is 14.2 Å². The molecule has 0 saturated heterocycles. The number of hydrogen-bond donors (Lipinski definition) is 0. The molecule has 0 heterocycles. The second-order valence-corrected chi connectivity index (χ2v) is 16.6. The zero-order chi connectivity index (χ0) is 40.0. The van der Waals surface area contributed by atoms with Crippen molar-refractivity contribution in [3.8, 4) is 0 Å². The summed E-state index contributed by atoms with van der Waals surface area (Å²) in [4.78, 5) is 36.8. The van der Waals surface area contributed by atoms with Crippen molar-refractivity contribution in [1.82, 2.24) is 0 Å². The Kier molecular flexibility index (Phi) is 36.6. The van der Waals surface area contributed by atoms with Crippen LogP contribution in [0.15, 0.2) is 12.2 Å². The Morgan fingerprint density at radius 1 is 0.537 bits per heavy atom. The second kappa shape index (κ2) is 38.0. The lowest BCUT2D eigenvalue weighted by Gasteiger charge is -2.34. The Balaban J connectivity index is 4.22. The number of carboxylic acids is 1. The number of rotatable bonds is 41. The number of ether oxygens (including phenoxy) is 3. The highest BCUT2D eigenvalue weighted by molar-refractivity contribution is 5.70. The molecule has 0 rings (SSSR count). The Bertz CT molecular complexity index is 900. The predicted octanol–water partition coefficient (Wildman–Crippen LogP) is 11.0. The minimum Gasteiger partial charge on any atom is -0.544 e. The van der Waals surface area contributed by atoms with Gasteiger partial charge >= 0.3 is 11.9 Å². The first-order valence-corrected chi connectivity index (χ1v) is 22.7. The molecule has 0 aromatic rings. The fraction of sp³-hybridized carbons (Fsp3) is 0.891. The minimum absolute atomic E-state index is 0.0426. The van der Waals surface area contributed by atoms with Crippen LogP contribution in [0.1, 0.15) is 213 Å². The van der Waals surface area contributed by atoms with E-state index >= 15 is 0 Å². The lowest BCUT2D eigenvalue weighted by molar-refractivity contribution is -0.889. The van der Waals surface area contributed by atoms with Crippen LogP contribution in [0.5, 0.6) is 0 Å². The minimum atomic E-state index is -1.12. The van der Waals surface area contributed by atoms with Gasteiger partial charge in [0.25, 0.3) is 0 Å². The average molecular weight is 766 g/mol. The molecule has 2 atom stereocenters. The number of hydrogen-bond acceptors (Lipinski definition) is 7. The first-order valence-electron chi connectivity index (χ1n) is 22.7. The number of nitrogens with zero attached hydrogens (tertiary/aromatic N) is 1. The SMILES string of the molecule is CCCC/C=C/CCCCCCC(=O)OCC(COCCC(C(=O)[O-])[N+](C)(C)C)OC(=O)CCCCCCCCCCCCCCCCCCCCCC. The van der Waals surface area contributed by atoms with Gasteiger partial charge < -0.3 is 28.6 Å². The molecular weight excluding hydrogens is 679 g/mol. The summed E-state index contributed by atoms with van der Waals surface area (Å²) in [5.41, 5.74) is 0. The van der Waals surface area contributed by atoms with Gasteiger partial charge in [-0.2, -0.15) is 0 Å². The van der Waals surface area contributed by atoms with Crippen molar-refractivity contribution in [2.24, 2.45) is 0 Å². The van der Waals surface area contributed by atoms with Gasteiger partial charge in [-0.15, -0.1) is 0 Å². The number of likely N-dealkylation sites (N-methyl/N-ethyl adjacent to an activating group) is 1. The summed E-state index contributed by atoms with van der Waals surface area (Å²) in [5.74, 6) is -1.74. The quantitative estimate of drug-likeness (QED) is 0.0264. The molecule has 0 spiro atoms. The van der Waals surface area contributed by atoms with Gasteiger partial charge in [-0.3, -0.25) is 9.59 Å². The summed E-state index contributed by atoms with van der Waals surface area (Å²) in [6.45, 7) is 4.63. The maximum Gasteiger partial charge on any atom is 0.306 e. The average Bonchev–Trinajstić information content (AvgIpc) is 3.12. The van der Waals surface area contributed by atoms with Crippen molar-refractivity contribution in [2.45, 2.75) is 225 Å². The Hall–Kier alpha value is -1.93. The van der Waals surface area contributed by atoms with Gasteiger partial charge in [0.05, 0.1) is 40.3 Å². The molecule has 0 aromatic heterocycles. The molecule has 0 fully saturated rings. The third-order valence-electron chi connectivity index (χ3n) is 10.4. The first kappa shape index (κ1) is 52.1. The summed E-state index contributed by atoms with van der Waals surface area (Å²) in [7, 11) is 5.41. The summed E-state index contributed by atoms with van der Waals surface area (Å²) < 4.78 is 17.1. The van der Waals surface area contributed by atoms with Gasteiger partial charge in [0.2, 0.25) is 0 Å².